The number of nitrogens with zero attached hydrogens (tertiary/aromatic N) is 2. The number of carbonyl (C=O) groups excluding carboxylic acids is 1. The van der Waals surface area contributed by atoms with Gasteiger partial charge < -0.3 is 25.2 Å². The van der Waals surface area contributed by atoms with Gasteiger partial charge in [-0.15, -0.1) is 0 Å². The Morgan fingerprint density at radius 2 is 1.94 bits per heavy atom. The molecule has 3 aliphatic rings. The van der Waals surface area contributed by atoms with Crippen LogP contribution in [0.4, 0.5) is 13.2 Å². The molecule has 0 aliphatic carbocycles. The Morgan fingerprint density at radius 3 is 2.64 bits per heavy atom. The molecule has 0 radical (unpaired) electrons. The molecule has 0 spiro atoms. The van der Waals surface area contributed by atoms with Gasteiger partial charge in [-0.1, -0.05) is 32.1 Å². The normalized spacial score (nSPS) is 22.5. The Labute approximate surface area is 210 Å². The predicted octanol–water partition coefficient (Wildman–Crippen LogP) is 4.63. The first-order valence-electron chi connectivity index (χ1n) is 12.6. The van der Waals surface area contributed by atoms with Crippen molar-refractivity contribution in [2.75, 3.05) is 26.2 Å². The van der Waals surface area contributed by atoms with Gasteiger partial charge in [0.1, 0.15) is 23.2 Å². The van der Waals surface area contributed by atoms with E-state index < -0.39 is 17.3 Å². The number of nitrogens with one attached hydrogen (secondary N) is 2. The van der Waals surface area contributed by atoms with Gasteiger partial charge in [0.15, 0.2) is 0 Å². The summed E-state index contributed by atoms with van der Waals surface area (Å²) < 4.78 is 45.9. The van der Waals surface area contributed by atoms with Crippen molar-refractivity contribution in [3.8, 4) is 5.75 Å². The van der Waals surface area contributed by atoms with E-state index in [1.165, 1.54) is 12.1 Å². The minimum absolute atomic E-state index is 0.0513. The number of hydrogen-bond donors (Lipinski definition) is 2. The lowest BCUT2D eigenvalue weighted by Crippen LogP contribution is -2.64. The van der Waals surface area contributed by atoms with Gasteiger partial charge in [-0.3, -0.25) is 4.79 Å². The number of alkyl halides is 3. The van der Waals surface area contributed by atoms with Crippen LogP contribution in [0, 0.1) is 5.92 Å². The topological polar surface area (TPSA) is 56.8 Å². The highest BCUT2D eigenvalue weighted by molar-refractivity contribution is 5.87. The van der Waals surface area contributed by atoms with Crippen molar-refractivity contribution >= 4 is 5.91 Å². The summed E-state index contributed by atoms with van der Waals surface area (Å²) in [7, 11) is 0. The Hall–Kier alpha value is -3.10. The lowest BCUT2D eigenvalue weighted by molar-refractivity contribution is -0.139. The van der Waals surface area contributed by atoms with E-state index in [0.29, 0.717) is 44.9 Å². The third kappa shape index (κ3) is 5.82. The molecule has 1 aromatic rings. The highest BCUT2D eigenvalue weighted by Crippen LogP contribution is 2.37. The largest absolute Gasteiger partial charge is 0.490 e. The van der Waals surface area contributed by atoms with Crippen LogP contribution in [0.15, 0.2) is 60.2 Å². The standard InChI is InChI=1S/C27H35F3N4O2/c1-19(2)11-14-31-25(35)26(3)18-34-15-7-6-9-22(34)24(32-26)33-16-12-20(13-17-33)36-23-10-5-4-8-21(23)27(28,29)30/h4-10,15,19-20,32H,11-14,16-18H2,1-3H3,(H,31,35). The van der Waals surface area contributed by atoms with Gasteiger partial charge in [0.25, 0.3) is 0 Å². The Balaban J connectivity index is 1.45. The maximum atomic E-state index is 13.4. The maximum absolute atomic E-state index is 13.4. The average Bonchev–Trinajstić information content (AvgIpc) is 2.83. The van der Waals surface area contributed by atoms with E-state index in [-0.39, 0.29) is 17.8 Å². The molecule has 1 unspecified atom stereocenters. The first-order chi connectivity index (χ1) is 17.1. The summed E-state index contributed by atoms with van der Waals surface area (Å²) in [6, 6.07) is 5.35. The Morgan fingerprint density at radius 1 is 1.22 bits per heavy atom. The van der Waals surface area contributed by atoms with Gasteiger partial charge in [0.05, 0.1) is 17.8 Å². The molecule has 1 amide bonds. The van der Waals surface area contributed by atoms with E-state index in [1.807, 2.05) is 31.4 Å². The van der Waals surface area contributed by atoms with Gasteiger partial charge >= 0.3 is 6.18 Å². The van der Waals surface area contributed by atoms with Crippen LogP contribution in [0.25, 0.3) is 0 Å². The van der Waals surface area contributed by atoms with Gasteiger partial charge in [-0.2, -0.15) is 13.2 Å². The number of para-hydroxylation sites is 1. The molecule has 0 aromatic heterocycles. The summed E-state index contributed by atoms with van der Waals surface area (Å²) in [5.41, 5.74) is -0.600. The quantitative estimate of drug-likeness (QED) is 0.567. The summed E-state index contributed by atoms with van der Waals surface area (Å²) in [4.78, 5) is 17.4. The third-order valence-corrected chi connectivity index (χ3v) is 6.82. The van der Waals surface area contributed by atoms with Crippen molar-refractivity contribution < 1.29 is 22.7 Å². The molecule has 1 saturated heterocycles. The second-order valence-electron chi connectivity index (χ2n) is 10.3. The molecule has 1 atom stereocenters. The molecular formula is C27H35F3N4O2. The van der Waals surface area contributed by atoms with E-state index in [4.69, 9.17) is 4.74 Å². The molecule has 6 nitrogen and oxygen atoms in total. The second-order valence-corrected chi connectivity index (χ2v) is 10.3. The van der Waals surface area contributed by atoms with E-state index >= 15 is 0 Å². The van der Waals surface area contributed by atoms with Crippen LogP contribution in [-0.4, -0.2) is 53.5 Å². The number of hydrogen-bond acceptors (Lipinski definition) is 5. The molecule has 3 heterocycles. The zero-order chi connectivity index (χ0) is 25.9. The monoisotopic (exact) mass is 504 g/mol. The molecule has 0 bridgehead atoms. The highest BCUT2D eigenvalue weighted by Gasteiger charge is 2.42. The summed E-state index contributed by atoms with van der Waals surface area (Å²) in [6.45, 7) is 8.47. The molecule has 9 heteroatoms. The lowest BCUT2D eigenvalue weighted by Gasteiger charge is -2.47. The van der Waals surface area contributed by atoms with Gasteiger partial charge in [0.2, 0.25) is 5.91 Å². The zero-order valence-electron chi connectivity index (χ0n) is 21.1. The van der Waals surface area contributed by atoms with Gasteiger partial charge in [-0.05, 0) is 43.5 Å². The molecule has 3 aliphatic heterocycles. The van der Waals surface area contributed by atoms with Crippen molar-refractivity contribution in [3.05, 3.63) is 65.8 Å². The first-order valence-corrected chi connectivity index (χ1v) is 12.6. The predicted molar refractivity (Wildman–Crippen MR) is 133 cm³/mol. The molecule has 36 heavy (non-hydrogen) atoms. The van der Waals surface area contributed by atoms with E-state index in [0.717, 1.165) is 24.0 Å². The van der Waals surface area contributed by atoms with E-state index in [9.17, 15) is 18.0 Å². The second kappa shape index (κ2) is 10.5. The SMILES string of the molecule is CC(C)CCNC(=O)C1(C)CN2C=CC=CC2=C(N2CCC(Oc3ccccc3C(F)(F)F)CC2)N1. The van der Waals surface area contributed by atoms with Crippen LogP contribution in [-0.2, 0) is 11.0 Å². The summed E-state index contributed by atoms with van der Waals surface area (Å²) in [5, 5.41) is 6.58. The van der Waals surface area contributed by atoms with E-state index in [1.54, 1.807) is 6.07 Å². The van der Waals surface area contributed by atoms with Crippen LogP contribution >= 0.6 is 0 Å². The smallest absolute Gasteiger partial charge is 0.419 e. The zero-order valence-corrected chi connectivity index (χ0v) is 21.1. The number of allylic oxidation sites excluding steroid dienone is 3. The van der Waals surface area contributed by atoms with Crippen molar-refractivity contribution in [3.63, 3.8) is 0 Å². The fraction of sp³-hybridized carbons (Fsp3) is 0.519. The van der Waals surface area contributed by atoms with Crippen LogP contribution in [0.2, 0.25) is 0 Å². The van der Waals surface area contributed by atoms with Crippen molar-refractivity contribution in [1.82, 2.24) is 20.4 Å². The number of amides is 1. The molecule has 196 valence electrons. The molecule has 4 rings (SSSR count). The number of benzene rings is 1. The van der Waals surface area contributed by atoms with E-state index in [2.05, 4.69) is 34.3 Å². The number of rotatable bonds is 7. The maximum Gasteiger partial charge on any atom is 0.419 e. The minimum Gasteiger partial charge on any atom is -0.490 e. The van der Waals surface area contributed by atoms with Gasteiger partial charge in [0, 0.05) is 38.7 Å². The summed E-state index contributed by atoms with van der Waals surface area (Å²) >= 11 is 0. The summed E-state index contributed by atoms with van der Waals surface area (Å²) in [5.74, 6) is 1.18. The fourth-order valence-electron chi connectivity index (χ4n) is 4.75. The van der Waals surface area contributed by atoms with Crippen LogP contribution in [0.3, 0.4) is 0 Å². The number of likely N-dealkylation sites (tertiary alicyclic amines) is 1. The summed E-state index contributed by atoms with van der Waals surface area (Å²) in [6.07, 6.45) is 5.17. The van der Waals surface area contributed by atoms with Crippen LogP contribution < -0.4 is 15.4 Å². The number of halogens is 3. The lowest BCUT2D eigenvalue weighted by atomic mass is 9.95. The van der Waals surface area contributed by atoms with Crippen LogP contribution in [0.1, 0.15) is 45.6 Å². The highest BCUT2D eigenvalue weighted by atomic mass is 19.4. The fourth-order valence-corrected chi connectivity index (χ4v) is 4.75. The van der Waals surface area contributed by atoms with Gasteiger partial charge in [-0.25, -0.2) is 0 Å². The van der Waals surface area contributed by atoms with Crippen molar-refractivity contribution in [2.24, 2.45) is 5.92 Å². The van der Waals surface area contributed by atoms with Crippen molar-refractivity contribution in [2.45, 2.75) is 57.9 Å². The Bertz CT molecular complexity index is 1040. The average molecular weight is 505 g/mol. The number of piperidine rings is 1. The first kappa shape index (κ1) is 26.0. The Kier molecular flexibility index (Phi) is 7.57. The number of carbonyl (C=O) groups is 1. The number of ether oxygens (including phenoxy) is 1. The molecule has 2 N–H and O–H groups in total. The molecule has 1 aromatic carbocycles. The molecular weight excluding hydrogens is 469 g/mol. The molecule has 1 fully saturated rings. The molecule has 0 saturated carbocycles. The third-order valence-electron chi connectivity index (χ3n) is 6.82. The van der Waals surface area contributed by atoms with Crippen molar-refractivity contribution in [1.29, 1.82) is 0 Å². The number of fused-ring (bicyclic) bond motifs is 1. The van der Waals surface area contributed by atoms with Crippen LogP contribution in [0.5, 0.6) is 5.75 Å². The minimum atomic E-state index is -4.46.